The largest absolute Gasteiger partial charge is 0.778 e. The number of carboxylic acid groups (broad SMARTS) is 1. The Bertz CT molecular complexity index is 2320. The monoisotopic (exact) mass is 959 g/mol. The highest BCUT2D eigenvalue weighted by molar-refractivity contribution is 7.94. The first-order valence-electron chi connectivity index (χ1n) is 15.8. The van der Waals surface area contributed by atoms with E-state index in [1.807, 2.05) is 5.32 Å². The van der Waals surface area contributed by atoms with Crippen molar-refractivity contribution in [2.45, 2.75) is 37.6 Å². The van der Waals surface area contributed by atoms with Crippen molar-refractivity contribution in [3.8, 4) is 5.69 Å². The molecule has 0 spiro atoms. The molecule has 1 aliphatic carbocycles. The summed E-state index contributed by atoms with van der Waals surface area (Å²) in [6, 6.07) is 5.95. The molecule has 58 heavy (non-hydrogen) atoms. The Balaban J connectivity index is 0.000000442. The lowest BCUT2D eigenvalue weighted by Crippen LogP contribution is -2.35. The van der Waals surface area contributed by atoms with E-state index < -0.39 is 81.8 Å². The van der Waals surface area contributed by atoms with Crippen LogP contribution in [0.1, 0.15) is 42.0 Å². The summed E-state index contributed by atoms with van der Waals surface area (Å²) >= 11 is 17.8. The molecule has 0 radical (unpaired) electrons. The minimum atomic E-state index is -4.35. The van der Waals surface area contributed by atoms with Crippen LogP contribution in [0.5, 0.6) is 0 Å². The van der Waals surface area contributed by atoms with E-state index in [1.54, 1.807) is 0 Å². The van der Waals surface area contributed by atoms with Crippen molar-refractivity contribution >= 4 is 102 Å². The maximum Gasteiger partial charge on any atom is 0.355 e. The third-order valence-electron chi connectivity index (χ3n) is 6.71. The number of alkyl halides is 2. The molecule has 0 aliphatic heterocycles. The van der Waals surface area contributed by atoms with Gasteiger partial charge in [-0.1, -0.05) is 34.8 Å². The van der Waals surface area contributed by atoms with Crippen LogP contribution in [0.15, 0.2) is 40.0 Å². The predicted molar refractivity (Wildman–Crippen MR) is 214 cm³/mol. The summed E-state index contributed by atoms with van der Waals surface area (Å²) in [6.45, 7) is -2.33. The fraction of sp³-hybridized carbons (Fsp3) is 0.419. The first-order valence-corrected chi connectivity index (χ1v) is 25.0. The van der Waals surface area contributed by atoms with Crippen LogP contribution in [-0.4, -0.2) is 109 Å². The SMILES string of the molecule is CS(=O)(=O)c1ccc(C(=O)C2C(=O)CCCC2=O)c(Cl)c1.C[S+](C)C.Cc1nn(-c2cc(NS(C)(=O)=O)c(Cl)cc2Cl)c(=O)n1C(F)F.O=C(O)CNCP(=O)([O-])O. The number of halogens is 5. The number of aryl methyl sites for hydroxylation is 1. The number of Topliss-reactive ketones (excluding diaryl/α,β-unsaturated/α-hetero) is 3. The topological polar surface area (TPSA) is 281 Å². The van der Waals surface area contributed by atoms with Gasteiger partial charge in [0.1, 0.15) is 19.3 Å². The van der Waals surface area contributed by atoms with Crippen molar-refractivity contribution in [2.24, 2.45) is 5.92 Å². The molecular weight excluding hydrogens is 922 g/mol. The quantitative estimate of drug-likeness (QED) is 0.0931. The molecule has 4 rings (SSSR count). The molecule has 1 atom stereocenters. The summed E-state index contributed by atoms with van der Waals surface area (Å²) in [5, 5.41) is 13.5. The normalized spacial score (nSPS) is 14.3. The van der Waals surface area contributed by atoms with Crippen LogP contribution >= 0.6 is 42.4 Å². The van der Waals surface area contributed by atoms with Gasteiger partial charge in [-0.15, -0.1) is 5.10 Å². The Morgan fingerprint density at radius 2 is 1.53 bits per heavy atom. The van der Waals surface area contributed by atoms with Gasteiger partial charge in [-0.25, -0.2) is 26.2 Å². The average Bonchev–Trinajstić information content (AvgIpc) is 3.33. The van der Waals surface area contributed by atoms with E-state index in [1.165, 1.54) is 25.1 Å². The fourth-order valence-corrected chi connectivity index (χ4v) is 6.93. The maximum absolute atomic E-state index is 12.8. The van der Waals surface area contributed by atoms with Crippen LogP contribution in [-0.2, 0) is 49.7 Å². The number of aromatic nitrogens is 3. The lowest BCUT2D eigenvalue weighted by molar-refractivity contribution is -0.193. The maximum atomic E-state index is 12.8. The van der Waals surface area contributed by atoms with Crippen molar-refractivity contribution in [1.29, 1.82) is 0 Å². The third kappa shape index (κ3) is 17.5. The third-order valence-corrected chi connectivity index (χ3v) is 9.96. The molecule has 0 bridgehead atoms. The number of ketones is 3. The van der Waals surface area contributed by atoms with E-state index >= 15 is 0 Å². The summed E-state index contributed by atoms with van der Waals surface area (Å²) in [5.41, 5.74) is -1.27. The molecule has 1 saturated carbocycles. The lowest BCUT2D eigenvalue weighted by atomic mass is 9.82. The molecule has 0 saturated heterocycles. The number of aliphatic carboxylic acids is 1. The number of hydrogen-bond acceptors (Lipinski definition) is 13. The Morgan fingerprint density at radius 3 is 1.95 bits per heavy atom. The zero-order chi connectivity index (χ0) is 45.1. The number of carbonyl (C=O) groups excluding carboxylic acids is 3. The van der Waals surface area contributed by atoms with E-state index in [4.69, 9.17) is 44.8 Å². The molecule has 0 amide bonds. The molecule has 1 aliphatic rings. The van der Waals surface area contributed by atoms with Crippen LogP contribution in [0.4, 0.5) is 14.5 Å². The molecule has 1 aromatic heterocycles. The van der Waals surface area contributed by atoms with Gasteiger partial charge in [0.2, 0.25) is 10.0 Å². The number of carboxylic acids is 1. The van der Waals surface area contributed by atoms with E-state index in [2.05, 4.69) is 28.6 Å². The van der Waals surface area contributed by atoms with Gasteiger partial charge in [0.15, 0.2) is 27.2 Å². The molecular formula is C31H39Cl3F2N5O13PS3. The Kier molecular flexibility index (Phi) is 20.4. The van der Waals surface area contributed by atoms with Crippen LogP contribution < -0.4 is 20.6 Å². The van der Waals surface area contributed by atoms with Gasteiger partial charge in [-0.05, 0) is 54.6 Å². The molecule has 4 N–H and O–H groups in total. The summed E-state index contributed by atoms with van der Waals surface area (Å²) in [4.78, 5) is 75.6. The van der Waals surface area contributed by atoms with Crippen LogP contribution in [0.3, 0.4) is 0 Å². The van der Waals surface area contributed by atoms with Crippen LogP contribution in [0.2, 0.25) is 15.1 Å². The molecule has 18 nitrogen and oxygen atoms in total. The second-order valence-corrected chi connectivity index (χ2v) is 21.4. The molecule has 1 fully saturated rings. The van der Waals surface area contributed by atoms with E-state index in [0.29, 0.717) is 22.0 Å². The highest BCUT2D eigenvalue weighted by atomic mass is 35.5. The van der Waals surface area contributed by atoms with Crippen LogP contribution in [0.25, 0.3) is 5.69 Å². The standard InChI is InChI=1S/C14H13ClO5S.C11H10Cl2F2N4O3S.C3H8NO5P.C3H9S/c1-21(19,20)8-5-6-9(10(15)7-8)14(18)13-11(16)3-2-4-12(13)17;1-5-16-19(11(20)18(5)10(14)15)9-4-8(17-23(2,21)22)6(12)3-7(9)13;5-3(6)1-4-2-10(7,8)9;1-4(2)3/h5-7,13H,2-4H2,1H3;3-4,10,17H,1-2H3;4H,1-2H2,(H,5,6)(H2,7,8,9);1-3H3/q;;;+1/p-1. The van der Waals surface area contributed by atoms with Gasteiger partial charge in [-0.3, -0.25) is 29.2 Å². The summed E-state index contributed by atoms with van der Waals surface area (Å²) in [5.74, 6) is -4.17. The van der Waals surface area contributed by atoms with Gasteiger partial charge in [0, 0.05) is 24.7 Å². The van der Waals surface area contributed by atoms with Gasteiger partial charge in [0.05, 0.1) is 69.2 Å². The van der Waals surface area contributed by atoms with Crippen molar-refractivity contribution < 1.29 is 64.3 Å². The van der Waals surface area contributed by atoms with Crippen LogP contribution in [0, 0.1) is 12.8 Å². The summed E-state index contributed by atoms with van der Waals surface area (Å²) in [6.07, 6.45) is 8.65. The van der Waals surface area contributed by atoms with Gasteiger partial charge in [-0.2, -0.15) is 13.5 Å². The smallest absolute Gasteiger partial charge is 0.355 e. The fourth-order valence-electron chi connectivity index (χ4n) is 4.42. The number of sulfonamides is 1. The number of anilines is 1. The highest BCUT2D eigenvalue weighted by Crippen LogP contribution is 2.32. The van der Waals surface area contributed by atoms with E-state index in [-0.39, 0.29) is 60.1 Å². The van der Waals surface area contributed by atoms with Crippen molar-refractivity contribution in [2.75, 3.05) is 48.8 Å². The Hall–Kier alpha value is -3.25. The number of nitrogens with zero attached hydrogens (tertiary/aromatic N) is 3. The van der Waals surface area contributed by atoms with Crippen molar-refractivity contribution in [3.63, 3.8) is 0 Å². The number of benzene rings is 2. The molecule has 3 aromatic rings. The summed E-state index contributed by atoms with van der Waals surface area (Å²) < 4.78 is 84.1. The van der Waals surface area contributed by atoms with E-state index in [9.17, 15) is 59.0 Å². The van der Waals surface area contributed by atoms with E-state index in [0.717, 1.165) is 24.6 Å². The van der Waals surface area contributed by atoms with Crippen molar-refractivity contribution in [3.05, 3.63) is 67.3 Å². The minimum absolute atomic E-state index is 0.00216. The van der Waals surface area contributed by atoms with Gasteiger partial charge < -0.3 is 19.5 Å². The first-order chi connectivity index (χ1) is 26.4. The second kappa shape index (κ2) is 22.4. The molecule has 1 heterocycles. The number of rotatable bonds is 11. The number of sulfone groups is 1. The zero-order valence-electron chi connectivity index (χ0n) is 31.4. The first kappa shape index (κ1) is 52.8. The average molecular weight is 961 g/mol. The number of carbonyl (C=O) groups is 4. The zero-order valence-corrected chi connectivity index (χ0v) is 37.0. The molecule has 2 aromatic carbocycles. The Labute approximate surface area is 349 Å². The predicted octanol–water partition coefficient (Wildman–Crippen LogP) is 2.94. The highest BCUT2D eigenvalue weighted by Gasteiger charge is 2.37. The minimum Gasteiger partial charge on any atom is -0.778 e. The van der Waals surface area contributed by atoms with Gasteiger partial charge in [0.25, 0.3) is 0 Å². The van der Waals surface area contributed by atoms with Gasteiger partial charge >= 0.3 is 18.2 Å². The molecule has 324 valence electrons. The second-order valence-electron chi connectivity index (χ2n) is 12.4. The summed E-state index contributed by atoms with van der Waals surface area (Å²) in [7, 11) is -10.8. The molecule has 27 heteroatoms. The number of nitrogens with one attached hydrogen (secondary N) is 2. The Morgan fingerprint density at radius 1 is 1.00 bits per heavy atom. The lowest BCUT2D eigenvalue weighted by Gasteiger charge is -2.18. The molecule has 1 unspecified atom stereocenters. The van der Waals surface area contributed by atoms with Crippen molar-refractivity contribution in [1.82, 2.24) is 19.7 Å². The number of hydrogen-bond donors (Lipinski definition) is 4.